The van der Waals surface area contributed by atoms with Crippen LogP contribution in [0.4, 0.5) is 19.0 Å². The SMILES string of the molecule is C=CCO[C@H]1CN(C2CCOCC2)CC1NC(=O)CNc1ncnc2ccc(C(F)(F)F)cc12. The highest BCUT2D eigenvalue weighted by atomic mass is 19.4. The van der Waals surface area contributed by atoms with Crippen LogP contribution in [0.25, 0.3) is 10.9 Å². The molecule has 2 aliphatic rings. The monoisotopic (exact) mass is 479 g/mol. The number of likely N-dealkylation sites (tertiary alicyclic amines) is 1. The molecule has 2 saturated heterocycles. The molecule has 0 bridgehead atoms. The van der Waals surface area contributed by atoms with Gasteiger partial charge < -0.3 is 20.1 Å². The van der Waals surface area contributed by atoms with Gasteiger partial charge in [0.1, 0.15) is 12.1 Å². The summed E-state index contributed by atoms with van der Waals surface area (Å²) in [6, 6.07) is 3.42. The molecule has 2 aromatic rings. The van der Waals surface area contributed by atoms with Crippen molar-refractivity contribution in [1.29, 1.82) is 0 Å². The van der Waals surface area contributed by atoms with Crippen LogP contribution in [0.2, 0.25) is 0 Å². The average molecular weight is 480 g/mol. The lowest BCUT2D eigenvalue weighted by molar-refractivity contribution is -0.137. The lowest BCUT2D eigenvalue weighted by Crippen LogP contribution is -2.46. The van der Waals surface area contributed by atoms with Crippen LogP contribution in [-0.4, -0.2) is 78.4 Å². The number of hydrogen-bond acceptors (Lipinski definition) is 7. The van der Waals surface area contributed by atoms with E-state index in [2.05, 4.69) is 32.1 Å². The van der Waals surface area contributed by atoms with E-state index in [-0.39, 0.29) is 35.8 Å². The molecule has 1 unspecified atom stereocenters. The third-order valence-electron chi connectivity index (χ3n) is 6.16. The number of nitrogens with zero attached hydrogens (tertiary/aromatic N) is 3. The van der Waals surface area contributed by atoms with Gasteiger partial charge in [-0.05, 0) is 31.0 Å². The van der Waals surface area contributed by atoms with Crippen molar-refractivity contribution in [2.75, 3.05) is 44.8 Å². The highest BCUT2D eigenvalue weighted by Gasteiger charge is 2.38. The van der Waals surface area contributed by atoms with Gasteiger partial charge in [-0.1, -0.05) is 6.08 Å². The first-order valence-electron chi connectivity index (χ1n) is 11.2. The van der Waals surface area contributed by atoms with Gasteiger partial charge in [0.15, 0.2) is 0 Å². The standard InChI is InChI=1S/C23H28F3N5O3/c1-2-7-34-20-13-31(16-5-8-33-9-6-16)12-19(20)30-21(32)11-27-22-17-10-15(23(24,25)26)3-4-18(17)28-14-29-22/h2-4,10,14,16,19-20H,1,5-9,11-13H2,(H,30,32)(H,27,28,29)/t19?,20-/m0/s1. The first-order valence-corrected chi connectivity index (χ1v) is 11.2. The summed E-state index contributed by atoms with van der Waals surface area (Å²) < 4.78 is 50.7. The smallest absolute Gasteiger partial charge is 0.381 e. The average Bonchev–Trinajstić information content (AvgIpc) is 3.23. The van der Waals surface area contributed by atoms with Gasteiger partial charge in [-0.25, -0.2) is 9.97 Å². The number of fused-ring (bicyclic) bond motifs is 1. The number of amides is 1. The maximum Gasteiger partial charge on any atom is 0.416 e. The molecule has 0 spiro atoms. The molecule has 2 N–H and O–H groups in total. The molecule has 11 heteroatoms. The van der Waals surface area contributed by atoms with E-state index in [1.807, 2.05) is 0 Å². The van der Waals surface area contributed by atoms with Gasteiger partial charge in [0.25, 0.3) is 0 Å². The number of benzene rings is 1. The third-order valence-corrected chi connectivity index (χ3v) is 6.16. The molecular formula is C23H28F3N5O3. The fourth-order valence-corrected chi connectivity index (χ4v) is 4.45. The molecule has 2 fully saturated rings. The predicted octanol–water partition coefficient (Wildman–Crippen LogP) is 2.61. The first-order chi connectivity index (χ1) is 16.3. The van der Waals surface area contributed by atoms with Crippen molar-refractivity contribution in [3.05, 3.63) is 42.7 Å². The van der Waals surface area contributed by atoms with E-state index in [0.717, 1.165) is 38.2 Å². The predicted molar refractivity (Wildman–Crippen MR) is 120 cm³/mol. The molecule has 2 atom stereocenters. The van der Waals surface area contributed by atoms with Crippen LogP contribution in [0.5, 0.6) is 0 Å². The number of halogens is 3. The summed E-state index contributed by atoms with van der Waals surface area (Å²) in [6.07, 6.45) is 0.135. The first kappa shape index (κ1) is 24.4. The number of hydrogen-bond donors (Lipinski definition) is 2. The van der Waals surface area contributed by atoms with Gasteiger partial charge >= 0.3 is 6.18 Å². The van der Waals surface area contributed by atoms with E-state index in [1.165, 1.54) is 12.4 Å². The van der Waals surface area contributed by atoms with E-state index in [9.17, 15) is 18.0 Å². The Hall–Kier alpha value is -2.76. The second-order valence-electron chi connectivity index (χ2n) is 8.44. The largest absolute Gasteiger partial charge is 0.416 e. The van der Waals surface area contributed by atoms with E-state index in [1.54, 1.807) is 6.08 Å². The van der Waals surface area contributed by atoms with Gasteiger partial charge in [-0.2, -0.15) is 13.2 Å². The maximum atomic E-state index is 13.1. The minimum atomic E-state index is -4.49. The van der Waals surface area contributed by atoms with E-state index in [4.69, 9.17) is 9.47 Å². The van der Waals surface area contributed by atoms with Gasteiger partial charge in [-0.3, -0.25) is 9.69 Å². The van der Waals surface area contributed by atoms with Gasteiger partial charge in [0.05, 0.1) is 36.4 Å². The van der Waals surface area contributed by atoms with Gasteiger partial charge in [0, 0.05) is 37.7 Å². The second kappa shape index (κ2) is 10.7. The number of ether oxygens (including phenoxy) is 2. The maximum absolute atomic E-state index is 13.1. The minimum absolute atomic E-state index is 0.149. The Morgan fingerprint density at radius 2 is 2.06 bits per heavy atom. The van der Waals surface area contributed by atoms with Crippen molar-refractivity contribution in [2.24, 2.45) is 0 Å². The molecule has 8 nitrogen and oxygen atoms in total. The Bertz CT molecular complexity index is 1010. The summed E-state index contributed by atoms with van der Waals surface area (Å²) in [7, 11) is 0. The normalized spacial score (nSPS) is 22.1. The number of carbonyl (C=O) groups is 1. The Kier molecular flexibility index (Phi) is 7.64. The highest BCUT2D eigenvalue weighted by molar-refractivity contribution is 5.91. The van der Waals surface area contributed by atoms with Crippen molar-refractivity contribution in [3.8, 4) is 0 Å². The molecule has 1 aromatic heterocycles. The lowest BCUT2D eigenvalue weighted by Gasteiger charge is -2.30. The number of aromatic nitrogens is 2. The second-order valence-corrected chi connectivity index (χ2v) is 8.44. The van der Waals surface area contributed by atoms with E-state index in [0.29, 0.717) is 31.3 Å². The summed E-state index contributed by atoms with van der Waals surface area (Å²) in [5.74, 6) is -0.134. The van der Waals surface area contributed by atoms with Crippen LogP contribution in [0, 0.1) is 0 Å². The zero-order valence-electron chi connectivity index (χ0n) is 18.7. The molecule has 0 saturated carbocycles. The fraction of sp³-hybridized carbons (Fsp3) is 0.522. The van der Waals surface area contributed by atoms with E-state index < -0.39 is 11.7 Å². The molecule has 4 rings (SSSR count). The molecular weight excluding hydrogens is 451 g/mol. The van der Waals surface area contributed by atoms with Crippen LogP contribution in [0.1, 0.15) is 18.4 Å². The minimum Gasteiger partial charge on any atom is -0.381 e. The summed E-state index contributed by atoms with van der Waals surface area (Å²) >= 11 is 0. The van der Waals surface area contributed by atoms with Crippen LogP contribution < -0.4 is 10.6 Å². The van der Waals surface area contributed by atoms with Crippen molar-refractivity contribution >= 4 is 22.6 Å². The van der Waals surface area contributed by atoms with Crippen molar-refractivity contribution < 1.29 is 27.4 Å². The zero-order valence-corrected chi connectivity index (χ0v) is 18.7. The summed E-state index contributed by atoms with van der Waals surface area (Å²) in [5, 5.41) is 6.06. The summed E-state index contributed by atoms with van der Waals surface area (Å²) in [4.78, 5) is 23.1. The van der Waals surface area contributed by atoms with Crippen LogP contribution in [-0.2, 0) is 20.4 Å². The third kappa shape index (κ3) is 5.83. The number of anilines is 1. The fourth-order valence-electron chi connectivity index (χ4n) is 4.45. The van der Waals surface area contributed by atoms with Crippen molar-refractivity contribution in [1.82, 2.24) is 20.2 Å². The molecule has 1 aromatic carbocycles. The molecule has 1 amide bonds. The topological polar surface area (TPSA) is 88.6 Å². The van der Waals surface area contributed by atoms with Crippen molar-refractivity contribution in [3.63, 3.8) is 0 Å². The van der Waals surface area contributed by atoms with Crippen LogP contribution in [0.3, 0.4) is 0 Å². The Morgan fingerprint density at radius 1 is 1.26 bits per heavy atom. The lowest BCUT2D eigenvalue weighted by atomic mass is 10.1. The molecule has 184 valence electrons. The van der Waals surface area contributed by atoms with Gasteiger partial charge in [-0.15, -0.1) is 6.58 Å². The Balaban J connectivity index is 1.40. The van der Waals surface area contributed by atoms with Crippen LogP contribution in [0.15, 0.2) is 37.2 Å². The molecule has 2 aliphatic heterocycles. The molecule has 3 heterocycles. The molecule has 0 radical (unpaired) electrons. The quantitative estimate of drug-likeness (QED) is 0.563. The number of carbonyl (C=O) groups excluding carboxylic acids is 1. The highest BCUT2D eigenvalue weighted by Crippen LogP contribution is 2.32. The zero-order chi connectivity index (χ0) is 24.1. The summed E-state index contributed by atoms with van der Waals surface area (Å²) in [5.41, 5.74) is -0.449. The Morgan fingerprint density at radius 3 is 2.79 bits per heavy atom. The number of nitrogens with one attached hydrogen (secondary N) is 2. The number of rotatable bonds is 8. The molecule has 34 heavy (non-hydrogen) atoms. The van der Waals surface area contributed by atoms with Crippen LogP contribution >= 0.6 is 0 Å². The van der Waals surface area contributed by atoms with Crippen molar-refractivity contribution in [2.45, 2.75) is 37.2 Å². The van der Waals surface area contributed by atoms with E-state index >= 15 is 0 Å². The number of alkyl halides is 3. The Labute approximate surface area is 195 Å². The molecule has 0 aliphatic carbocycles. The van der Waals surface area contributed by atoms with Gasteiger partial charge in [0.2, 0.25) is 5.91 Å². The summed E-state index contributed by atoms with van der Waals surface area (Å²) in [6.45, 7) is 6.73.